The smallest absolute Gasteiger partial charge is 0.257 e. The molecule has 0 aliphatic rings. The number of pyridine rings is 2. The van der Waals surface area contributed by atoms with Gasteiger partial charge in [0.15, 0.2) is 0 Å². The predicted molar refractivity (Wildman–Crippen MR) is 103 cm³/mol. The van der Waals surface area contributed by atoms with Crippen LogP contribution < -0.4 is 0 Å². The quantitative estimate of drug-likeness (QED) is 0.482. The molecule has 6 nitrogen and oxygen atoms in total. The van der Waals surface area contributed by atoms with E-state index in [1.54, 1.807) is 10.9 Å². The first kappa shape index (κ1) is 15.7. The molecule has 4 aromatic heterocycles. The van der Waals surface area contributed by atoms with Crippen LogP contribution >= 0.6 is 0 Å². The van der Waals surface area contributed by atoms with E-state index in [2.05, 4.69) is 51.4 Å². The van der Waals surface area contributed by atoms with Crippen molar-refractivity contribution in [1.29, 1.82) is 0 Å². The van der Waals surface area contributed by atoms with E-state index < -0.39 is 0 Å². The first-order valence-electron chi connectivity index (χ1n) is 8.78. The molecule has 0 aliphatic heterocycles. The van der Waals surface area contributed by atoms with E-state index >= 15 is 0 Å². The van der Waals surface area contributed by atoms with Gasteiger partial charge in [0.2, 0.25) is 0 Å². The molecule has 0 fully saturated rings. The van der Waals surface area contributed by atoms with Crippen LogP contribution in [0.3, 0.4) is 0 Å². The minimum absolute atomic E-state index is 0.0711. The van der Waals surface area contributed by atoms with Crippen LogP contribution in [0.4, 0.5) is 0 Å². The maximum Gasteiger partial charge on any atom is 0.257 e. The summed E-state index contributed by atoms with van der Waals surface area (Å²) in [6.45, 7) is 2.13. The number of hydrogen-bond acceptors (Lipinski definition) is 5. The molecule has 132 valence electrons. The molecule has 6 heteroatoms. The van der Waals surface area contributed by atoms with Gasteiger partial charge in [-0.25, -0.2) is 4.98 Å². The molecule has 4 heterocycles. The van der Waals surface area contributed by atoms with Crippen LogP contribution in [-0.2, 0) is 7.05 Å². The Labute approximate surface area is 155 Å². The number of fused-ring (bicyclic) bond motifs is 2. The van der Waals surface area contributed by atoms with Crippen LogP contribution in [0.15, 0.2) is 65.7 Å². The van der Waals surface area contributed by atoms with Crippen molar-refractivity contribution in [2.45, 2.75) is 12.8 Å². The lowest BCUT2D eigenvalue weighted by Crippen LogP contribution is -1.97. The number of hydrogen-bond donors (Lipinski definition) is 0. The van der Waals surface area contributed by atoms with Gasteiger partial charge in [-0.05, 0) is 29.8 Å². The molecule has 0 amide bonds. The zero-order valence-electron chi connectivity index (χ0n) is 15.0. The molecule has 0 unspecified atom stereocenters. The van der Waals surface area contributed by atoms with Crippen LogP contribution in [0.25, 0.3) is 33.1 Å². The standard InChI is InChI=1S/C21H17N5O/c1-13(14-5-6-19-15(8-14)4-3-7-22-19)20-18-9-16(10-23-21(18)27-25-20)17-11-24-26(2)12-17/h3-13H,1-2H3/t13-/m0/s1. The van der Waals surface area contributed by atoms with Crippen molar-refractivity contribution in [3.05, 3.63) is 72.4 Å². The summed E-state index contributed by atoms with van der Waals surface area (Å²) < 4.78 is 7.26. The molecule has 5 aromatic rings. The Morgan fingerprint density at radius 3 is 2.81 bits per heavy atom. The molecule has 0 saturated carbocycles. The Bertz CT molecular complexity index is 1270. The van der Waals surface area contributed by atoms with Crippen molar-refractivity contribution in [2.75, 3.05) is 0 Å². The maximum atomic E-state index is 5.48. The van der Waals surface area contributed by atoms with Crippen molar-refractivity contribution in [2.24, 2.45) is 7.05 Å². The van der Waals surface area contributed by atoms with Gasteiger partial charge >= 0.3 is 0 Å². The van der Waals surface area contributed by atoms with Crippen LogP contribution in [0.2, 0.25) is 0 Å². The van der Waals surface area contributed by atoms with Gasteiger partial charge in [0.25, 0.3) is 5.71 Å². The second kappa shape index (κ2) is 6.02. The Morgan fingerprint density at radius 1 is 1.04 bits per heavy atom. The summed E-state index contributed by atoms with van der Waals surface area (Å²) in [6, 6.07) is 12.4. The molecule has 0 bridgehead atoms. The molecule has 1 atom stereocenters. The molecule has 1 aromatic carbocycles. The average molecular weight is 355 g/mol. The number of aromatic nitrogens is 5. The number of nitrogens with zero attached hydrogens (tertiary/aromatic N) is 5. The van der Waals surface area contributed by atoms with Gasteiger partial charge in [-0.3, -0.25) is 9.67 Å². The summed E-state index contributed by atoms with van der Waals surface area (Å²) in [7, 11) is 1.90. The van der Waals surface area contributed by atoms with E-state index in [4.69, 9.17) is 4.52 Å². The highest BCUT2D eigenvalue weighted by atomic mass is 16.5. The predicted octanol–water partition coefficient (Wildman–Crippen LogP) is 4.32. The molecule has 27 heavy (non-hydrogen) atoms. The van der Waals surface area contributed by atoms with E-state index in [1.165, 1.54) is 0 Å². The maximum absolute atomic E-state index is 5.48. The van der Waals surface area contributed by atoms with Crippen molar-refractivity contribution >= 4 is 22.0 Å². The van der Waals surface area contributed by atoms with Gasteiger partial charge in [-0.15, -0.1) is 0 Å². The average Bonchev–Trinajstić information content (AvgIpc) is 3.32. The fourth-order valence-corrected chi connectivity index (χ4v) is 3.41. The number of aryl methyl sites for hydroxylation is 1. The summed E-state index contributed by atoms with van der Waals surface area (Å²) >= 11 is 0. The van der Waals surface area contributed by atoms with Crippen molar-refractivity contribution in [1.82, 2.24) is 24.9 Å². The zero-order valence-corrected chi connectivity index (χ0v) is 15.0. The van der Waals surface area contributed by atoms with Crippen molar-refractivity contribution in [3.63, 3.8) is 0 Å². The molecule has 0 radical (unpaired) electrons. The third-order valence-corrected chi connectivity index (χ3v) is 4.93. The van der Waals surface area contributed by atoms with Crippen LogP contribution in [0.5, 0.6) is 0 Å². The third-order valence-electron chi connectivity index (χ3n) is 4.93. The topological polar surface area (TPSA) is 69.6 Å². The normalized spacial score (nSPS) is 12.7. The summed E-state index contributed by atoms with van der Waals surface area (Å²) in [5.74, 6) is 0.0711. The molecule has 0 spiro atoms. The first-order chi connectivity index (χ1) is 13.2. The number of benzene rings is 1. The monoisotopic (exact) mass is 355 g/mol. The number of rotatable bonds is 3. The van der Waals surface area contributed by atoms with Gasteiger partial charge in [-0.1, -0.05) is 24.2 Å². The third kappa shape index (κ3) is 2.66. The second-order valence-electron chi connectivity index (χ2n) is 6.72. The Kier molecular flexibility index (Phi) is 3.50. The van der Waals surface area contributed by atoms with Gasteiger partial charge in [0, 0.05) is 48.1 Å². The molecule has 0 aliphatic carbocycles. The largest absolute Gasteiger partial charge is 0.336 e. The van der Waals surface area contributed by atoms with Gasteiger partial charge < -0.3 is 4.52 Å². The lowest BCUT2D eigenvalue weighted by molar-refractivity contribution is 0.436. The Hall–Kier alpha value is -3.54. The van der Waals surface area contributed by atoms with E-state index in [9.17, 15) is 0 Å². The lowest BCUT2D eigenvalue weighted by Gasteiger charge is -2.10. The molecule has 0 N–H and O–H groups in total. The van der Waals surface area contributed by atoms with Crippen LogP contribution in [0.1, 0.15) is 24.1 Å². The Morgan fingerprint density at radius 2 is 1.96 bits per heavy atom. The summed E-state index contributed by atoms with van der Waals surface area (Å²) in [4.78, 5) is 8.83. The lowest BCUT2D eigenvalue weighted by atomic mass is 9.94. The van der Waals surface area contributed by atoms with Gasteiger partial charge in [-0.2, -0.15) is 5.10 Å². The summed E-state index contributed by atoms with van der Waals surface area (Å²) in [5, 5.41) is 10.6. The highest BCUT2D eigenvalue weighted by Crippen LogP contribution is 2.32. The van der Waals surface area contributed by atoms with Crippen molar-refractivity contribution < 1.29 is 4.52 Å². The van der Waals surface area contributed by atoms with Gasteiger partial charge in [0.1, 0.15) is 5.69 Å². The van der Waals surface area contributed by atoms with E-state index in [-0.39, 0.29) is 5.92 Å². The van der Waals surface area contributed by atoms with Crippen molar-refractivity contribution in [3.8, 4) is 11.1 Å². The summed E-state index contributed by atoms with van der Waals surface area (Å²) in [6.07, 6.45) is 7.40. The zero-order chi connectivity index (χ0) is 18.4. The summed E-state index contributed by atoms with van der Waals surface area (Å²) in [5.41, 5.74) is 5.59. The first-order valence-corrected chi connectivity index (χ1v) is 8.78. The minimum atomic E-state index is 0.0711. The van der Waals surface area contributed by atoms with Crippen LogP contribution in [0, 0.1) is 0 Å². The fraction of sp³-hybridized carbons (Fsp3) is 0.143. The van der Waals surface area contributed by atoms with E-state index in [0.29, 0.717) is 5.71 Å². The van der Waals surface area contributed by atoms with Gasteiger partial charge in [0.05, 0.1) is 17.1 Å². The molecule has 0 saturated heterocycles. The molecular formula is C21H17N5O. The van der Waals surface area contributed by atoms with Crippen LogP contribution in [-0.4, -0.2) is 24.9 Å². The highest BCUT2D eigenvalue weighted by Gasteiger charge is 2.19. The highest BCUT2D eigenvalue weighted by molar-refractivity contribution is 5.83. The van der Waals surface area contributed by atoms with E-state index in [0.717, 1.165) is 38.7 Å². The fourth-order valence-electron chi connectivity index (χ4n) is 3.41. The molecular weight excluding hydrogens is 338 g/mol. The SMILES string of the molecule is C[C@@H](c1ccc2ncccc2c1)c1noc2ncc(-c3cnn(C)c3)cc12. The van der Waals surface area contributed by atoms with E-state index in [1.807, 2.05) is 37.8 Å². The minimum Gasteiger partial charge on any atom is -0.336 e. The second-order valence-corrected chi connectivity index (χ2v) is 6.72. The molecule has 5 rings (SSSR count). The Balaban J connectivity index is 1.60.